The van der Waals surface area contributed by atoms with Crippen LogP contribution >= 0.6 is 0 Å². The van der Waals surface area contributed by atoms with Gasteiger partial charge in [-0.05, 0) is 43.9 Å². The monoisotopic (exact) mass is 262 g/mol. The summed E-state index contributed by atoms with van der Waals surface area (Å²) in [6.07, 6.45) is 2.32. The van der Waals surface area contributed by atoms with E-state index >= 15 is 0 Å². The second-order valence-electron chi connectivity index (χ2n) is 5.46. The number of aryl methyl sites for hydroxylation is 1. The first-order valence-corrected chi connectivity index (χ1v) is 6.70. The molecule has 1 heterocycles. The molecule has 0 aromatic heterocycles. The van der Waals surface area contributed by atoms with E-state index in [0.717, 1.165) is 23.1 Å². The number of carboxylic acid groups (broad SMARTS) is 1. The van der Waals surface area contributed by atoms with E-state index < -0.39 is 11.4 Å². The van der Waals surface area contributed by atoms with Gasteiger partial charge in [0.25, 0.3) is 0 Å². The number of rotatable bonds is 2. The second kappa shape index (κ2) is 4.15. The van der Waals surface area contributed by atoms with Gasteiger partial charge in [0.05, 0.1) is 5.41 Å². The fourth-order valence-corrected chi connectivity index (χ4v) is 3.08. The van der Waals surface area contributed by atoms with Crippen LogP contribution in [-0.2, 0) is 10.2 Å². The standard InChI is InChI=1S/C15H18O4/c1-9-8-11-13(19-7-6-18-11)12(10(9)2)15(14(16)17)4-3-5-15/h8H,3-7H2,1-2H3,(H,16,17). The quantitative estimate of drug-likeness (QED) is 0.890. The summed E-state index contributed by atoms with van der Waals surface area (Å²) < 4.78 is 11.4. The van der Waals surface area contributed by atoms with Crippen molar-refractivity contribution in [2.75, 3.05) is 13.2 Å². The Hall–Kier alpha value is -1.71. The number of hydrogen-bond acceptors (Lipinski definition) is 3. The fourth-order valence-electron chi connectivity index (χ4n) is 3.08. The first-order valence-electron chi connectivity index (χ1n) is 6.70. The highest BCUT2D eigenvalue weighted by Gasteiger charge is 2.49. The third-order valence-corrected chi connectivity index (χ3v) is 4.45. The molecule has 1 aromatic carbocycles. The van der Waals surface area contributed by atoms with Crippen LogP contribution in [0.2, 0.25) is 0 Å². The van der Waals surface area contributed by atoms with Crippen LogP contribution in [0.3, 0.4) is 0 Å². The predicted molar refractivity (Wildman–Crippen MR) is 70.1 cm³/mol. The molecule has 2 aliphatic rings. The minimum Gasteiger partial charge on any atom is -0.486 e. The number of aliphatic carboxylic acids is 1. The van der Waals surface area contributed by atoms with Gasteiger partial charge in [-0.1, -0.05) is 6.42 Å². The molecule has 102 valence electrons. The predicted octanol–water partition coefficient (Wildman–Crippen LogP) is 2.58. The second-order valence-corrected chi connectivity index (χ2v) is 5.46. The SMILES string of the molecule is Cc1cc2c(c(C3(C(=O)O)CCC3)c1C)OCCO2. The van der Waals surface area contributed by atoms with Crippen LogP contribution in [0.15, 0.2) is 6.07 Å². The third-order valence-electron chi connectivity index (χ3n) is 4.45. The first kappa shape index (κ1) is 12.3. The highest BCUT2D eigenvalue weighted by atomic mass is 16.6. The Balaban J connectivity index is 2.24. The molecule has 4 heteroatoms. The molecular formula is C15H18O4. The molecule has 1 fully saturated rings. The molecule has 1 aliphatic carbocycles. The number of benzene rings is 1. The summed E-state index contributed by atoms with van der Waals surface area (Å²) >= 11 is 0. The molecule has 4 nitrogen and oxygen atoms in total. The molecule has 0 spiro atoms. The Morgan fingerprint density at radius 1 is 1.26 bits per heavy atom. The summed E-state index contributed by atoms with van der Waals surface area (Å²) in [5, 5.41) is 9.66. The van der Waals surface area contributed by atoms with Crippen molar-refractivity contribution in [1.82, 2.24) is 0 Å². The van der Waals surface area contributed by atoms with Gasteiger partial charge < -0.3 is 14.6 Å². The van der Waals surface area contributed by atoms with Crippen LogP contribution in [-0.4, -0.2) is 24.3 Å². The molecule has 1 aromatic rings. The van der Waals surface area contributed by atoms with Gasteiger partial charge in [-0.25, -0.2) is 0 Å². The van der Waals surface area contributed by atoms with Crippen LogP contribution in [0.5, 0.6) is 11.5 Å². The normalized spacial score (nSPS) is 19.7. The Morgan fingerprint density at radius 2 is 1.95 bits per heavy atom. The average Bonchev–Trinajstić information content (AvgIpc) is 2.32. The summed E-state index contributed by atoms with van der Waals surface area (Å²) in [5.74, 6) is 0.595. The van der Waals surface area contributed by atoms with Crippen molar-refractivity contribution in [3.05, 3.63) is 22.8 Å². The van der Waals surface area contributed by atoms with Gasteiger partial charge in [-0.2, -0.15) is 0 Å². The molecule has 0 amide bonds. The summed E-state index contributed by atoms with van der Waals surface area (Å²) in [5.41, 5.74) is 2.14. The minimum atomic E-state index is -0.777. The van der Waals surface area contributed by atoms with Gasteiger partial charge in [0, 0.05) is 5.56 Å². The molecule has 1 saturated carbocycles. The van der Waals surface area contributed by atoms with E-state index in [4.69, 9.17) is 9.47 Å². The van der Waals surface area contributed by atoms with E-state index in [2.05, 4.69) is 0 Å². The lowest BCUT2D eigenvalue weighted by Gasteiger charge is -2.41. The highest BCUT2D eigenvalue weighted by Crippen LogP contribution is 2.52. The maximum Gasteiger partial charge on any atom is 0.314 e. The van der Waals surface area contributed by atoms with Crippen LogP contribution in [0, 0.1) is 13.8 Å². The maximum absolute atomic E-state index is 11.8. The van der Waals surface area contributed by atoms with Crippen LogP contribution < -0.4 is 9.47 Å². The van der Waals surface area contributed by atoms with Crippen LogP contribution in [0.25, 0.3) is 0 Å². The number of carboxylic acids is 1. The molecular weight excluding hydrogens is 244 g/mol. The lowest BCUT2D eigenvalue weighted by molar-refractivity contribution is -0.147. The number of carbonyl (C=O) groups is 1. The summed E-state index contributed by atoms with van der Waals surface area (Å²) in [4.78, 5) is 11.8. The summed E-state index contributed by atoms with van der Waals surface area (Å²) in [6, 6.07) is 1.95. The average molecular weight is 262 g/mol. The van der Waals surface area contributed by atoms with Crippen molar-refractivity contribution in [1.29, 1.82) is 0 Å². The fraction of sp³-hybridized carbons (Fsp3) is 0.533. The van der Waals surface area contributed by atoms with Gasteiger partial charge in [0.1, 0.15) is 13.2 Å². The Bertz CT molecular complexity index is 544. The van der Waals surface area contributed by atoms with Crippen molar-refractivity contribution < 1.29 is 19.4 Å². The van der Waals surface area contributed by atoms with E-state index in [9.17, 15) is 9.90 Å². The van der Waals surface area contributed by atoms with E-state index in [0.29, 0.717) is 37.6 Å². The topological polar surface area (TPSA) is 55.8 Å². The van der Waals surface area contributed by atoms with E-state index in [1.165, 1.54) is 0 Å². The van der Waals surface area contributed by atoms with Gasteiger partial charge >= 0.3 is 5.97 Å². The smallest absolute Gasteiger partial charge is 0.314 e. The molecule has 1 aliphatic heterocycles. The molecule has 0 atom stereocenters. The Labute approximate surface area is 112 Å². The van der Waals surface area contributed by atoms with Crippen molar-refractivity contribution in [3.8, 4) is 11.5 Å². The van der Waals surface area contributed by atoms with E-state index in [-0.39, 0.29) is 0 Å². The van der Waals surface area contributed by atoms with Crippen molar-refractivity contribution in [2.24, 2.45) is 0 Å². The Morgan fingerprint density at radius 3 is 2.53 bits per heavy atom. The molecule has 0 unspecified atom stereocenters. The van der Waals surface area contributed by atoms with Gasteiger partial charge in [0.15, 0.2) is 11.5 Å². The van der Waals surface area contributed by atoms with E-state index in [1.807, 2.05) is 19.9 Å². The molecule has 0 radical (unpaired) electrons. The molecule has 3 rings (SSSR count). The molecule has 0 saturated heterocycles. The van der Waals surface area contributed by atoms with Crippen molar-refractivity contribution in [2.45, 2.75) is 38.5 Å². The first-order chi connectivity index (χ1) is 9.06. The van der Waals surface area contributed by atoms with Crippen LogP contribution in [0.4, 0.5) is 0 Å². The molecule has 19 heavy (non-hydrogen) atoms. The Kier molecular flexibility index (Phi) is 2.69. The zero-order valence-electron chi connectivity index (χ0n) is 11.3. The van der Waals surface area contributed by atoms with Gasteiger partial charge in [0.2, 0.25) is 0 Å². The van der Waals surface area contributed by atoms with E-state index in [1.54, 1.807) is 0 Å². The molecule has 0 bridgehead atoms. The lowest BCUT2D eigenvalue weighted by Crippen LogP contribution is -2.43. The highest BCUT2D eigenvalue weighted by molar-refractivity contribution is 5.85. The van der Waals surface area contributed by atoms with Gasteiger partial charge in [-0.15, -0.1) is 0 Å². The number of fused-ring (bicyclic) bond motifs is 1. The summed E-state index contributed by atoms with van der Waals surface area (Å²) in [7, 11) is 0. The van der Waals surface area contributed by atoms with Crippen molar-refractivity contribution >= 4 is 5.97 Å². The van der Waals surface area contributed by atoms with Gasteiger partial charge in [-0.3, -0.25) is 4.79 Å². The molecule has 1 N–H and O–H groups in total. The third kappa shape index (κ3) is 1.62. The zero-order valence-corrected chi connectivity index (χ0v) is 11.3. The largest absolute Gasteiger partial charge is 0.486 e. The van der Waals surface area contributed by atoms with Crippen molar-refractivity contribution in [3.63, 3.8) is 0 Å². The van der Waals surface area contributed by atoms with Crippen LogP contribution in [0.1, 0.15) is 36.0 Å². The minimum absolute atomic E-state index is 0.484. The number of ether oxygens (including phenoxy) is 2. The summed E-state index contributed by atoms with van der Waals surface area (Å²) in [6.45, 7) is 4.98. The maximum atomic E-state index is 11.8. The number of hydrogen-bond donors (Lipinski definition) is 1. The zero-order chi connectivity index (χ0) is 13.6. The lowest BCUT2D eigenvalue weighted by atomic mass is 9.62.